The summed E-state index contributed by atoms with van der Waals surface area (Å²) in [4.78, 5) is 26.9. The van der Waals surface area contributed by atoms with Crippen molar-refractivity contribution >= 4 is 34.1 Å². The summed E-state index contributed by atoms with van der Waals surface area (Å²) >= 11 is 0. The molecule has 2 amide bonds. The van der Waals surface area contributed by atoms with Crippen LogP contribution in [0.5, 0.6) is 5.75 Å². The SMILES string of the molecule is COCCn1ccc2cc(NC(=O)C3CC(=O)N(c4ccc(OC)cc4)C3)ccc21. The highest BCUT2D eigenvalue weighted by atomic mass is 16.5. The van der Waals surface area contributed by atoms with E-state index in [4.69, 9.17) is 9.47 Å². The van der Waals surface area contributed by atoms with Crippen LogP contribution in [-0.2, 0) is 20.9 Å². The van der Waals surface area contributed by atoms with E-state index in [9.17, 15) is 9.59 Å². The summed E-state index contributed by atoms with van der Waals surface area (Å²) in [5.74, 6) is 0.149. The molecule has 1 unspecified atom stereocenters. The molecule has 1 atom stereocenters. The van der Waals surface area contributed by atoms with Gasteiger partial charge in [0.05, 0.1) is 19.6 Å². The average Bonchev–Trinajstić information content (AvgIpc) is 3.35. The van der Waals surface area contributed by atoms with Crippen LogP contribution in [0.25, 0.3) is 10.9 Å². The zero-order valence-corrected chi connectivity index (χ0v) is 17.1. The van der Waals surface area contributed by atoms with Crippen molar-refractivity contribution in [2.75, 3.05) is 37.6 Å². The molecule has 1 fully saturated rings. The molecule has 0 radical (unpaired) electrons. The van der Waals surface area contributed by atoms with E-state index in [1.54, 1.807) is 19.1 Å². The van der Waals surface area contributed by atoms with Gasteiger partial charge >= 0.3 is 0 Å². The third-order valence-electron chi connectivity index (χ3n) is 5.45. The Morgan fingerprint density at radius 1 is 1.13 bits per heavy atom. The van der Waals surface area contributed by atoms with Crippen molar-refractivity contribution in [3.8, 4) is 5.75 Å². The molecule has 7 nitrogen and oxygen atoms in total. The van der Waals surface area contributed by atoms with Crippen molar-refractivity contribution in [3.05, 3.63) is 54.7 Å². The van der Waals surface area contributed by atoms with Crippen molar-refractivity contribution < 1.29 is 19.1 Å². The molecule has 0 bridgehead atoms. The molecule has 1 aliphatic rings. The van der Waals surface area contributed by atoms with Crippen molar-refractivity contribution in [1.82, 2.24) is 4.57 Å². The van der Waals surface area contributed by atoms with Gasteiger partial charge in [-0.2, -0.15) is 0 Å². The minimum absolute atomic E-state index is 0.0500. The van der Waals surface area contributed by atoms with Crippen molar-refractivity contribution in [3.63, 3.8) is 0 Å². The van der Waals surface area contributed by atoms with Crippen molar-refractivity contribution in [2.45, 2.75) is 13.0 Å². The fourth-order valence-corrected chi connectivity index (χ4v) is 3.80. The predicted molar refractivity (Wildman–Crippen MR) is 116 cm³/mol. The molecular formula is C23H25N3O4. The number of hydrogen-bond donors (Lipinski definition) is 1. The van der Waals surface area contributed by atoms with Crippen LogP contribution in [0.4, 0.5) is 11.4 Å². The molecule has 2 aromatic carbocycles. The maximum Gasteiger partial charge on any atom is 0.229 e. The van der Waals surface area contributed by atoms with E-state index in [0.717, 1.165) is 34.6 Å². The number of anilines is 2. The summed E-state index contributed by atoms with van der Waals surface area (Å²) in [6.45, 7) is 1.78. The Balaban J connectivity index is 1.43. The summed E-state index contributed by atoms with van der Waals surface area (Å²) in [5.41, 5.74) is 2.59. The van der Waals surface area contributed by atoms with Crippen LogP contribution in [0, 0.1) is 5.92 Å². The Kier molecular flexibility index (Phi) is 5.72. The van der Waals surface area contributed by atoms with Gasteiger partial charge in [-0.05, 0) is 48.5 Å². The first kappa shape index (κ1) is 20.0. The number of hydrogen-bond acceptors (Lipinski definition) is 4. The Bertz CT molecular complexity index is 1060. The number of rotatable bonds is 7. The Morgan fingerprint density at radius 3 is 2.67 bits per heavy atom. The van der Waals surface area contributed by atoms with E-state index < -0.39 is 0 Å². The smallest absolute Gasteiger partial charge is 0.229 e. The Morgan fingerprint density at radius 2 is 1.93 bits per heavy atom. The maximum absolute atomic E-state index is 12.8. The van der Waals surface area contributed by atoms with Gasteiger partial charge < -0.3 is 24.3 Å². The van der Waals surface area contributed by atoms with Gasteiger partial charge in [0.15, 0.2) is 0 Å². The quantitative estimate of drug-likeness (QED) is 0.652. The first-order valence-electron chi connectivity index (χ1n) is 9.92. The molecule has 7 heteroatoms. The zero-order valence-electron chi connectivity index (χ0n) is 17.1. The molecule has 2 heterocycles. The minimum Gasteiger partial charge on any atom is -0.497 e. The lowest BCUT2D eigenvalue weighted by Gasteiger charge is -2.17. The van der Waals surface area contributed by atoms with Gasteiger partial charge in [0.1, 0.15) is 5.75 Å². The molecule has 1 N–H and O–H groups in total. The summed E-state index contributed by atoms with van der Waals surface area (Å²) in [5, 5.41) is 4.01. The molecule has 0 spiro atoms. The van der Waals surface area contributed by atoms with Gasteiger partial charge in [0.25, 0.3) is 0 Å². The second-order valence-electron chi connectivity index (χ2n) is 7.37. The predicted octanol–water partition coefficient (Wildman–Crippen LogP) is 3.29. The summed E-state index contributed by atoms with van der Waals surface area (Å²) < 4.78 is 12.4. The highest BCUT2D eigenvalue weighted by Gasteiger charge is 2.35. The number of nitrogens with zero attached hydrogens (tertiary/aromatic N) is 2. The molecule has 3 aromatic rings. The van der Waals surface area contributed by atoms with E-state index in [1.807, 2.05) is 54.7 Å². The molecule has 0 aliphatic carbocycles. The normalized spacial score (nSPS) is 16.3. The summed E-state index contributed by atoms with van der Waals surface area (Å²) in [7, 11) is 3.28. The zero-order chi connectivity index (χ0) is 21.1. The van der Waals surface area contributed by atoms with Gasteiger partial charge in [-0.3, -0.25) is 9.59 Å². The molecule has 4 rings (SSSR count). The van der Waals surface area contributed by atoms with E-state index >= 15 is 0 Å². The van der Waals surface area contributed by atoms with E-state index in [1.165, 1.54) is 0 Å². The standard InChI is InChI=1S/C23H25N3O4/c1-29-12-11-25-10-9-16-13-18(3-8-21(16)25)24-23(28)17-14-22(27)26(15-17)19-4-6-20(30-2)7-5-19/h3-10,13,17H,11-12,14-15H2,1-2H3,(H,24,28). The van der Waals surface area contributed by atoms with Gasteiger partial charge in [-0.1, -0.05) is 0 Å². The number of aromatic nitrogens is 1. The van der Waals surface area contributed by atoms with Crippen LogP contribution in [0.3, 0.4) is 0 Å². The highest BCUT2D eigenvalue weighted by molar-refractivity contribution is 6.04. The van der Waals surface area contributed by atoms with Crippen LogP contribution in [0.15, 0.2) is 54.7 Å². The number of carbonyl (C=O) groups excluding carboxylic acids is 2. The topological polar surface area (TPSA) is 72.8 Å². The number of fused-ring (bicyclic) bond motifs is 1. The monoisotopic (exact) mass is 407 g/mol. The fourth-order valence-electron chi connectivity index (χ4n) is 3.80. The van der Waals surface area contributed by atoms with Gasteiger partial charge in [0, 0.05) is 55.1 Å². The second-order valence-corrected chi connectivity index (χ2v) is 7.37. The Hall–Kier alpha value is -3.32. The third-order valence-corrected chi connectivity index (χ3v) is 5.45. The van der Waals surface area contributed by atoms with Gasteiger partial charge in [-0.25, -0.2) is 0 Å². The highest BCUT2D eigenvalue weighted by Crippen LogP contribution is 2.28. The molecule has 156 valence electrons. The van der Waals surface area contributed by atoms with Crippen LogP contribution >= 0.6 is 0 Å². The number of benzene rings is 2. The maximum atomic E-state index is 12.8. The second kappa shape index (κ2) is 8.59. The number of amides is 2. The minimum atomic E-state index is -0.387. The lowest BCUT2D eigenvalue weighted by Crippen LogP contribution is -2.28. The molecular weight excluding hydrogens is 382 g/mol. The molecule has 1 aliphatic heterocycles. The number of nitrogens with one attached hydrogen (secondary N) is 1. The average molecular weight is 407 g/mol. The molecule has 1 aromatic heterocycles. The first-order valence-corrected chi connectivity index (χ1v) is 9.92. The van der Waals surface area contributed by atoms with E-state index in [2.05, 4.69) is 9.88 Å². The number of carbonyl (C=O) groups is 2. The van der Waals surface area contributed by atoms with Crippen molar-refractivity contribution in [1.29, 1.82) is 0 Å². The van der Waals surface area contributed by atoms with Crippen molar-refractivity contribution in [2.24, 2.45) is 5.92 Å². The molecule has 1 saturated heterocycles. The van der Waals surface area contributed by atoms with Crippen LogP contribution in [0.2, 0.25) is 0 Å². The van der Waals surface area contributed by atoms with Gasteiger partial charge in [-0.15, -0.1) is 0 Å². The number of ether oxygens (including phenoxy) is 2. The summed E-state index contributed by atoms with van der Waals surface area (Å²) in [6.07, 6.45) is 2.21. The van der Waals surface area contributed by atoms with Gasteiger partial charge in [0.2, 0.25) is 11.8 Å². The largest absolute Gasteiger partial charge is 0.497 e. The third kappa shape index (κ3) is 4.02. The van der Waals surface area contributed by atoms with Crippen LogP contribution in [0.1, 0.15) is 6.42 Å². The lowest BCUT2D eigenvalue weighted by molar-refractivity contribution is -0.122. The van der Waals surface area contributed by atoms with Crippen LogP contribution in [-0.4, -0.2) is 43.8 Å². The number of methoxy groups -OCH3 is 2. The van der Waals surface area contributed by atoms with E-state index in [0.29, 0.717) is 13.2 Å². The summed E-state index contributed by atoms with van der Waals surface area (Å²) in [6, 6.07) is 15.1. The molecule has 0 saturated carbocycles. The fraction of sp³-hybridized carbons (Fsp3) is 0.304. The molecule has 30 heavy (non-hydrogen) atoms. The van der Waals surface area contributed by atoms with Crippen LogP contribution < -0.4 is 15.0 Å². The lowest BCUT2D eigenvalue weighted by atomic mass is 10.1. The Labute approximate surface area is 175 Å². The van der Waals surface area contributed by atoms with E-state index in [-0.39, 0.29) is 24.2 Å². The first-order chi connectivity index (χ1) is 14.6.